The van der Waals surface area contributed by atoms with Crippen molar-refractivity contribution in [2.75, 3.05) is 78.5 Å². The van der Waals surface area contributed by atoms with E-state index in [1.165, 1.54) is 24.0 Å². The summed E-state index contributed by atoms with van der Waals surface area (Å²) in [4.78, 5) is 5.03. The van der Waals surface area contributed by atoms with Crippen LogP contribution >= 0.6 is 0 Å². The van der Waals surface area contributed by atoms with Crippen LogP contribution in [0.5, 0.6) is 0 Å². The van der Waals surface area contributed by atoms with Gasteiger partial charge in [-0.2, -0.15) is 0 Å². The number of benzene rings is 1. The van der Waals surface area contributed by atoms with Gasteiger partial charge in [0.25, 0.3) is 0 Å². The molecule has 242 valence electrons. The third-order valence-electron chi connectivity index (χ3n) is 8.35. The van der Waals surface area contributed by atoms with E-state index in [2.05, 4.69) is 88.4 Å². The molecule has 4 heterocycles. The Bertz CT molecular complexity index is 1080. The van der Waals surface area contributed by atoms with Gasteiger partial charge >= 0.3 is 0 Å². The molecule has 0 spiro atoms. The van der Waals surface area contributed by atoms with Crippen molar-refractivity contribution >= 4 is 0 Å². The Balaban J connectivity index is 1.10. The summed E-state index contributed by atoms with van der Waals surface area (Å²) >= 11 is 0. The molecule has 2 aliphatic rings. The molecule has 0 amide bonds. The number of rotatable bonds is 8. The monoisotopic (exact) mass is 606 g/mol. The van der Waals surface area contributed by atoms with Crippen molar-refractivity contribution in [3.63, 3.8) is 0 Å². The summed E-state index contributed by atoms with van der Waals surface area (Å²) < 4.78 is 3.92. The van der Waals surface area contributed by atoms with Gasteiger partial charge in [-0.05, 0) is 128 Å². The van der Waals surface area contributed by atoms with Gasteiger partial charge in [0.1, 0.15) is 0 Å². The summed E-state index contributed by atoms with van der Waals surface area (Å²) in [6, 6.07) is 8.69. The fourth-order valence-corrected chi connectivity index (χ4v) is 6.06. The van der Waals surface area contributed by atoms with Crippen LogP contribution in [0.4, 0.5) is 0 Å². The van der Waals surface area contributed by atoms with E-state index in [0.29, 0.717) is 13.1 Å². The molecule has 4 N–H and O–H groups in total. The first kappa shape index (κ1) is 32.6. The van der Waals surface area contributed by atoms with Crippen LogP contribution in [0.15, 0.2) is 36.7 Å². The van der Waals surface area contributed by atoms with Crippen molar-refractivity contribution in [1.82, 2.24) is 61.1 Å². The SMILES string of the molecule is c1cc(Cn2cc(CN3CCCNCCCNCCC3)nn2)cc(Cn2cc(CN3CCCNCCCNCCC3)nn2)c1. The van der Waals surface area contributed by atoms with E-state index in [1.54, 1.807) is 0 Å². The van der Waals surface area contributed by atoms with Gasteiger partial charge in [0.15, 0.2) is 0 Å². The van der Waals surface area contributed by atoms with Crippen LogP contribution in [0, 0.1) is 0 Å². The predicted molar refractivity (Wildman–Crippen MR) is 174 cm³/mol. The van der Waals surface area contributed by atoms with Gasteiger partial charge in [0.05, 0.1) is 36.9 Å². The number of hydrogen-bond donors (Lipinski definition) is 4. The number of hydrogen-bond acceptors (Lipinski definition) is 10. The Kier molecular flexibility index (Phi) is 14.0. The fourth-order valence-electron chi connectivity index (χ4n) is 6.06. The first-order valence-electron chi connectivity index (χ1n) is 16.9. The van der Waals surface area contributed by atoms with Crippen LogP contribution in [0.2, 0.25) is 0 Å². The van der Waals surface area contributed by atoms with Gasteiger partial charge < -0.3 is 21.3 Å². The Morgan fingerprint density at radius 1 is 0.500 bits per heavy atom. The fraction of sp³-hybridized carbons (Fsp3) is 0.688. The lowest BCUT2D eigenvalue weighted by atomic mass is 10.1. The first-order chi connectivity index (χ1) is 21.8. The van der Waals surface area contributed by atoms with E-state index >= 15 is 0 Å². The highest BCUT2D eigenvalue weighted by atomic mass is 15.4. The Morgan fingerprint density at radius 2 is 0.886 bits per heavy atom. The van der Waals surface area contributed by atoms with Gasteiger partial charge in [0.2, 0.25) is 0 Å². The lowest BCUT2D eigenvalue weighted by molar-refractivity contribution is 0.252. The Labute approximate surface area is 263 Å². The lowest BCUT2D eigenvalue weighted by Crippen LogP contribution is -2.32. The highest BCUT2D eigenvalue weighted by molar-refractivity contribution is 5.24. The van der Waals surface area contributed by atoms with Crippen LogP contribution in [-0.4, -0.2) is 118 Å². The molecule has 0 bridgehead atoms. The molecular formula is C32H54N12. The third kappa shape index (κ3) is 12.0. The zero-order valence-electron chi connectivity index (χ0n) is 26.6. The molecule has 0 saturated carbocycles. The Morgan fingerprint density at radius 3 is 1.30 bits per heavy atom. The maximum absolute atomic E-state index is 4.51. The van der Waals surface area contributed by atoms with E-state index in [9.17, 15) is 0 Å². The molecule has 12 heteroatoms. The number of nitrogens with zero attached hydrogens (tertiary/aromatic N) is 8. The zero-order valence-corrected chi connectivity index (χ0v) is 26.6. The van der Waals surface area contributed by atoms with Gasteiger partial charge in [0, 0.05) is 13.1 Å². The summed E-state index contributed by atoms with van der Waals surface area (Å²) in [6.07, 6.45) is 11.3. The quantitative estimate of drug-likeness (QED) is 0.299. The largest absolute Gasteiger partial charge is 0.317 e. The molecule has 0 radical (unpaired) electrons. The predicted octanol–water partition coefficient (Wildman–Crippen LogP) is 1.30. The molecule has 0 unspecified atom stereocenters. The zero-order chi connectivity index (χ0) is 30.1. The molecule has 12 nitrogen and oxygen atoms in total. The van der Waals surface area contributed by atoms with Crippen LogP contribution in [-0.2, 0) is 26.2 Å². The van der Waals surface area contributed by atoms with Crippen molar-refractivity contribution in [3.8, 4) is 0 Å². The summed E-state index contributed by atoms with van der Waals surface area (Å²) in [5, 5.41) is 32.2. The molecule has 3 aromatic rings. The molecule has 0 aliphatic carbocycles. The minimum atomic E-state index is 0.704. The topological polar surface area (TPSA) is 116 Å². The summed E-state index contributed by atoms with van der Waals surface area (Å²) in [5.41, 5.74) is 4.50. The minimum Gasteiger partial charge on any atom is -0.317 e. The molecule has 1 aromatic carbocycles. The second kappa shape index (κ2) is 18.9. The Hall–Kier alpha value is -2.74. The molecule has 2 aromatic heterocycles. The smallest absolute Gasteiger partial charge is 0.0967 e. The van der Waals surface area contributed by atoms with E-state index in [1.807, 2.05) is 9.36 Å². The molecule has 5 rings (SSSR count). The summed E-state index contributed by atoms with van der Waals surface area (Å²) in [5.74, 6) is 0. The van der Waals surface area contributed by atoms with Crippen LogP contribution in [0.25, 0.3) is 0 Å². The molecule has 2 fully saturated rings. The maximum atomic E-state index is 4.51. The second-order valence-electron chi connectivity index (χ2n) is 12.3. The van der Waals surface area contributed by atoms with Crippen LogP contribution < -0.4 is 21.3 Å². The molecule has 44 heavy (non-hydrogen) atoms. The second-order valence-corrected chi connectivity index (χ2v) is 12.3. The summed E-state index contributed by atoms with van der Waals surface area (Å²) in [7, 11) is 0. The highest BCUT2D eigenvalue weighted by Gasteiger charge is 2.12. The molecule has 2 saturated heterocycles. The van der Waals surface area contributed by atoms with E-state index < -0.39 is 0 Å². The van der Waals surface area contributed by atoms with Crippen LogP contribution in [0.3, 0.4) is 0 Å². The summed E-state index contributed by atoms with van der Waals surface area (Å²) in [6.45, 7) is 16.1. The molecule has 0 atom stereocenters. The first-order valence-corrected chi connectivity index (χ1v) is 16.9. The molecular weight excluding hydrogens is 552 g/mol. The van der Waals surface area contributed by atoms with E-state index in [4.69, 9.17) is 0 Å². The lowest BCUT2D eigenvalue weighted by Gasteiger charge is -2.22. The van der Waals surface area contributed by atoms with Crippen LogP contribution in [0.1, 0.15) is 61.0 Å². The van der Waals surface area contributed by atoms with Crippen molar-refractivity contribution in [3.05, 3.63) is 59.2 Å². The average molecular weight is 607 g/mol. The van der Waals surface area contributed by atoms with Gasteiger partial charge in [-0.3, -0.25) is 9.80 Å². The normalized spacial score (nSPS) is 19.8. The molecule has 2 aliphatic heterocycles. The van der Waals surface area contributed by atoms with Crippen molar-refractivity contribution < 1.29 is 0 Å². The number of aromatic nitrogens is 6. The van der Waals surface area contributed by atoms with E-state index in [-0.39, 0.29) is 0 Å². The highest BCUT2D eigenvalue weighted by Crippen LogP contribution is 2.11. The minimum absolute atomic E-state index is 0.704. The van der Waals surface area contributed by atoms with Gasteiger partial charge in [-0.25, -0.2) is 9.36 Å². The third-order valence-corrected chi connectivity index (χ3v) is 8.35. The maximum Gasteiger partial charge on any atom is 0.0967 e. The van der Waals surface area contributed by atoms with Gasteiger partial charge in [-0.15, -0.1) is 10.2 Å². The van der Waals surface area contributed by atoms with Gasteiger partial charge in [-0.1, -0.05) is 34.7 Å². The van der Waals surface area contributed by atoms with E-state index in [0.717, 1.165) is 129 Å². The standard InChI is InChI=1S/C32H54N12/c1-8-29(23-43-27-31(37-39-43)25-41-18-4-14-33-10-2-11-34-15-5-19-41)22-30(9-1)24-44-28-32(38-40-44)26-42-20-6-16-35-12-3-13-36-17-7-21-42/h1,8-9,22,27-28,33-36H,2-7,10-21,23-26H2. The van der Waals surface area contributed by atoms with Crippen molar-refractivity contribution in [1.29, 1.82) is 0 Å². The van der Waals surface area contributed by atoms with Crippen molar-refractivity contribution in [2.24, 2.45) is 0 Å². The average Bonchev–Trinajstić information content (AvgIpc) is 3.65. The van der Waals surface area contributed by atoms with Crippen molar-refractivity contribution in [2.45, 2.75) is 64.7 Å². The number of nitrogens with one attached hydrogen (secondary N) is 4.